The number of anilines is 1. The highest BCUT2D eigenvalue weighted by Gasteiger charge is 2.37. The molecule has 1 aliphatic carbocycles. The number of nitriles is 1. The van der Waals surface area contributed by atoms with Crippen molar-refractivity contribution in [2.45, 2.75) is 45.1 Å². The van der Waals surface area contributed by atoms with Gasteiger partial charge in [-0.2, -0.15) is 5.26 Å². The van der Waals surface area contributed by atoms with E-state index < -0.39 is 36.3 Å². The van der Waals surface area contributed by atoms with Crippen LogP contribution in [-0.4, -0.2) is 41.2 Å². The molecule has 0 radical (unpaired) electrons. The molecule has 0 spiro atoms. The molecule has 1 aromatic heterocycles. The molecule has 1 N–H and O–H groups in total. The molecule has 3 amide bonds. The van der Waals surface area contributed by atoms with Crippen molar-refractivity contribution in [3.05, 3.63) is 51.4 Å². The lowest BCUT2D eigenvalue weighted by Gasteiger charge is -2.18. The lowest BCUT2D eigenvalue weighted by molar-refractivity contribution is -0.154. The molecule has 9 heteroatoms. The normalized spacial score (nSPS) is 15.6. The molecule has 1 atom stereocenters. The van der Waals surface area contributed by atoms with Crippen molar-refractivity contribution >= 4 is 40.0 Å². The van der Waals surface area contributed by atoms with Gasteiger partial charge in [-0.25, -0.2) is 0 Å². The Morgan fingerprint density at radius 1 is 1.19 bits per heavy atom. The van der Waals surface area contributed by atoms with Gasteiger partial charge in [-0.05, 0) is 49.8 Å². The average molecular weight is 452 g/mol. The highest BCUT2D eigenvalue weighted by molar-refractivity contribution is 7.16. The van der Waals surface area contributed by atoms with E-state index >= 15 is 0 Å². The maximum absolute atomic E-state index is 12.8. The minimum Gasteiger partial charge on any atom is -0.451 e. The summed E-state index contributed by atoms with van der Waals surface area (Å²) in [6.45, 7) is 1.11. The van der Waals surface area contributed by atoms with Crippen molar-refractivity contribution in [3.8, 4) is 6.07 Å². The maximum atomic E-state index is 12.8. The first-order valence-corrected chi connectivity index (χ1v) is 11.3. The van der Waals surface area contributed by atoms with Gasteiger partial charge in [-0.15, -0.1) is 11.3 Å². The molecule has 32 heavy (non-hydrogen) atoms. The van der Waals surface area contributed by atoms with Crippen LogP contribution in [0.3, 0.4) is 0 Å². The summed E-state index contributed by atoms with van der Waals surface area (Å²) in [7, 11) is 0. The topological polar surface area (TPSA) is 117 Å². The molecule has 2 heterocycles. The summed E-state index contributed by atoms with van der Waals surface area (Å²) in [5, 5.41) is 12.8. The van der Waals surface area contributed by atoms with Crippen LogP contribution >= 0.6 is 11.3 Å². The van der Waals surface area contributed by atoms with Crippen LogP contribution in [0.1, 0.15) is 62.9 Å². The number of nitrogens with one attached hydrogen (secondary N) is 1. The lowest BCUT2D eigenvalue weighted by Crippen LogP contribution is -2.39. The van der Waals surface area contributed by atoms with Gasteiger partial charge in [0.05, 0.1) is 16.7 Å². The number of carbonyl (C=O) groups is 4. The number of benzene rings is 1. The molecular weight excluding hydrogens is 430 g/mol. The van der Waals surface area contributed by atoms with Crippen LogP contribution in [0.15, 0.2) is 24.3 Å². The molecule has 1 aliphatic heterocycles. The first-order chi connectivity index (χ1) is 15.4. The van der Waals surface area contributed by atoms with Crippen LogP contribution in [0.4, 0.5) is 5.00 Å². The molecule has 0 fully saturated rings. The summed E-state index contributed by atoms with van der Waals surface area (Å²) in [6, 6.07) is 8.51. The van der Waals surface area contributed by atoms with Gasteiger partial charge in [0.2, 0.25) is 0 Å². The SMILES string of the molecule is CC[C@@H](OC(=O)CN1C(=O)c2ccccc2C1=O)C(=O)Nc1sc2c(c1C#N)CCCC2. The van der Waals surface area contributed by atoms with E-state index in [9.17, 15) is 24.4 Å². The van der Waals surface area contributed by atoms with Crippen molar-refractivity contribution < 1.29 is 23.9 Å². The highest BCUT2D eigenvalue weighted by Crippen LogP contribution is 2.37. The van der Waals surface area contributed by atoms with E-state index in [-0.39, 0.29) is 17.5 Å². The Balaban J connectivity index is 1.42. The summed E-state index contributed by atoms with van der Waals surface area (Å²) < 4.78 is 5.29. The predicted octanol–water partition coefficient (Wildman–Crippen LogP) is 3.06. The second-order valence-electron chi connectivity index (χ2n) is 7.64. The number of aryl methyl sites for hydroxylation is 1. The minimum absolute atomic E-state index is 0.201. The van der Waals surface area contributed by atoms with E-state index in [1.165, 1.54) is 23.5 Å². The Labute approximate surface area is 188 Å². The zero-order valence-electron chi connectivity index (χ0n) is 17.5. The molecule has 0 unspecified atom stereocenters. The first kappa shape index (κ1) is 21.7. The van der Waals surface area contributed by atoms with Crippen LogP contribution < -0.4 is 5.32 Å². The van der Waals surface area contributed by atoms with Crippen LogP contribution in [0.2, 0.25) is 0 Å². The Hall–Kier alpha value is -3.51. The van der Waals surface area contributed by atoms with Crippen molar-refractivity contribution in [2.75, 3.05) is 11.9 Å². The third kappa shape index (κ3) is 3.89. The third-order valence-corrected chi connectivity index (χ3v) is 6.83. The number of carbonyl (C=O) groups excluding carboxylic acids is 4. The van der Waals surface area contributed by atoms with Crippen molar-refractivity contribution in [3.63, 3.8) is 0 Å². The fourth-order valence-electron chi connectivity index (χ4n) is 3.99. The predicted molar refractivity (Wildman–Crippen MR) is 116 cm³/mol. The molecule has 0 saturated heterocycles. The van der Waals surface area contributed by atoms with Crippen LogP contribution in [0.25, 0.3) is 0 Å². The van der Waals surface area contributed by atoms with E-state index in [0.717, 1.165) is 41.0 Å². The fourth-order valence-corrected chi connectivity index (χ4v) is 5.24. The van der Waals surface area contributed by atoms with Gasteiger partial charge in [-0.1, -0.05) is 19.1 Å². The van der Waals surface area contributed by atoms with Crippen molar-refractivity contribution in [2.24, 2.45) is 0 Å². The van der Waals surface area contributed by atoms with Gasteiger partial charge >= 0.3 is 5.97 Å². The number of ether oxygens (including phenoxy) is 1. The Morgan fingerprint density at radius 2 is 1.84 bits per heavy atom. The van der Waals surface area contributed by atoms with E-state index in [1.54, 1.807) is 19.1 Å². The quantitative estimate of drug-likeness (QED) is 0.533. The lowest BCUT2D eigenvalue weighted by atomic mass is 9.96. The number of thiophene rings is 1. The van der Waals surface area contributed by atoms with Gasteiger partial charge in [0.25, 0.3) is 17.7 Å². The molecular formula is C23H21N3O5S. The van der Waals surface area contributed by atoms with Gasteiger partial charge in [0.15, 0.2) is 6.10 Å². The van der Waals surface area contributed by atoms with E-state index in [0.29, 0.717) is 10.6 Å². The van der Waals surface area contributed by atoms with Crippen molar-refractivity contribution in [1.82, 2.24) is 4.90 Å². The van der Waals surface area contributed by atoms with E-state index in [1.807, 2.05) is 0 Å². The second kappa shape index (κ2) is 8.93. The third-order valence-electron chi connectivity index (χ3n) is 5.62. The molecule has 164 valence electrons. The Kier molecular flexibility index (Phi) is 6.06. The van der Waals surface area contributed by atoms with E-state index in [2.05, 4.69) is 11.4 Å². The molecule has 0 saturated carbocycles. The van der Waals surface area contributed by atoms with Crippen LogP contribution in [0.5, 0.6) is 0 Å². The average Bonchev–Trinajstić information content (AvgIpc) is 3.27. The summed E-state index contributed by atoms with van der Waals surface area (Å²) in [5.41, 5.74) is 1.95. The fraction of sp³-hybridized carbons (Fsp3) is 0.348. The largest absolute Gasteiger partial charge is 0.451 e. The number of hydrogen-bond acceptors (Lipinski definition) is 7. The maximum Gasteiger partial charge on any atom is 0.327 e. The second-order valence-corrected chi connectivity index (χ2v) is 8.75. The smallest absolute Gasteiger partial charge is 0.327 e. The Bertz CT molecular complexity index is 1130. The highest BCUT2D eigenvalue weighted by atomic mass is 32.1. The van der Waals surface area contributed by atoms with E-state index in [4.69, 9.17) is 4.74 Å². The van der Waals surface area contributed by atoms with Crippen molar-refractivity contribution in [1.29, 1.82) is 5.26 Å². The zero-order chi connectivity index (χ0) is 22.8. The summed E-state index contributed by atoms with van der Waals surface area (Å²) in [6.07, 6.45) is 2.86. The summed E-state index contributed by atoms with van der Waals surface area (Å²) in [5.74, 6) is -2.53. The minimum atomic E-state index is -1.11. The number of nitrogens with zero attached hydrogens (tertiary/aromatic N) is 2. The molecule has 2 aliphatic rings. The first-order valence-electron chi connectivity index (χ1n) is 10.4. The Morgan fingerprint density at radius 3 is 2.47 bits per heavy atom. The molecule has 8 nitrogen and oxygen atoms in total. The molecule has 2 aromatic rings. The van der Waals surface area contributed by atoms with Gasteiger partial charge in [0.1, 0.15) is 17.6 Å². The molecule has 0 bridgehead atoms. The number of hydrogen-bond donors (Lipinski definition) is 1. The van der Waals surface area contributed by atoms with Crippen LogP contribution in [-0.2, 0) is 27.2 Å². The standard InChI is InChI=1S/C23H21N3O5S/c1-2-17(20(28)25-21-16(11-24)13-7-5-6-10-18(13)32-21)31-19(27)12-26-22(29)14-8-3-4-9-15(14)23(26)30/h3-4,8-9,17H,2,5-7,10,12H2,1H3,(H,25,28)/t17-/m1/s1. The van der Waals surface area contributed by atoms with Gasteiger partial charge in [0, 0.05) is 4.88 Å². The molecule has 1 aromatic carbocycles. The number of esters is 1. The number of fused-ring (bicyclic) bond motifs is 2. The van der Waals surface area contributed by atoms with Crippen LogP contribution in [0, 0.1) is 11.3 Å². The molecule has 4 rings (SSSR count). The van der Waals surface area contributed by atoms with Gasteiger partial charge < -0.3 is 10.1 Å². The number of amides is 3. The number of imide groups is 1. The number of rotatable bonds is 6. The monoisotopic (exact) mass is 451 g/mol. The zero-order valence-corrected chi connectivity index (χ0v) is 18.3. The summed E-state index contributed by atoms with van der Waals surface area (Å²) >= 11 is 1.39. The summed E-state index contributed by atoms with van der Waals surface area (Å²) in [4.78, 5) is 52.0. The van der Waals surface area contributed by atoms with Gasteiger partial charge in [-0.3, -0.25) is 24.1 Å².